The quantitative estimate of drug-likeness (QED) is 0.231. The molecule has 5 rings (SSSR count). The number of para-hydroxylation sites is 2. The lowest BCUT2D eigenvalue weighted by molar-refractivity contribution is 0.338. The van der Waals surface area contributed by atoms with Crippen LogP contribution in [0.5, 0.6) is 17.2 Å². The van der Waals surface area contributed by atoms with Crippen LogP contribution in [0.4, 0.5) is 0 Å². The van der Waals surface area contributed by atoms with E-state index in [2.05, 4.69) is 55.1 Å². The molecule has 5 aromatic rings. The van der Waals surface area contributed by atoms with Crippen LogP contribution in [0.1, 0.15) is 29.2 Å². The van der Waals surface area contributed by atoms with Gasteiger partial charge in [0.25, 0.3) is 0 Å². The Balaban J connectivity index is 0.000000169. The predicted molar refractivity (Wildman–Crippen MR) is 162 cm³/mol. The van der Waals surface area contributed by atoms with Gasteiger partial charge in [0, 0.05) is 11.8 Å². The van der Waals surface area contributed by atoms with Gasteiger partial charge in [-0.05, 0) is 72.1 Å². The molecule has 0 radical (unpaired) electrons. The average Bonchev–Trinajstić information content (AvgIpc) is 2.99. The Morgan fingerprint density at radius 1 is 0.795 bits per heavy atom. The van der Waals surface area contributed by atoms with Gasteiger partial charge in [0.1, 0.15) is 17.2 Å². The minimum absolute atomic E-state index is 0.551. The minimum Gasteiger partial charge on any atom is -0.494 e. The number of nitrogens with zero attached hydrogens (tertiary/aromatic N) is 1. The fourth-order valence-electron chi connectivity index (χ4n) is 3.75. The third-order valence-electron chi connectivity index (χ3n) is 5.70. The Hall–Kier alpha value is -5.14. The summed E-state index contributed by atoms with van der Waals surface area (Å²) in [5.41, 5.74) is 3.65. The van der Waals surface area contributed by atoms with Crippen molar-refractivity contribution >= 4 is 23.1 Å². The summed E-state index contributed by atoms with van der Waals surface area (Å²) in [7, 11) is 0. The van der Waals surface area contributed by atoms with Gasteiger partial charge < -0.3 is 14.9 Å². The molecule has 0 fully saturated rings. The number of fused-ring (bicyclic) bond motifs is 1. The molecule has 0 bridgehead atoms. The van der Waals surface area contributed by atoms with Crippen LogP contribution in [-0.4, -0.2) is 12.8 Å². The summed E-state index contributed by atoms with van der Waals surface area (Å²) in [4.78, 5) is 0. The molecule has 4 heteroatoms. The van der Waals surface area contributed by atoms with Gasteiger partial charge in [-0.25, -0.2) is 0 Å². The van der Waals surface area contributed by atoms with Crippen molar-refractivity contribution in [1.82, 2.24) is 0 Å². The van der Waals surface area contributed by atoms with Crippen LogP contribution in [-0.2, 0) is 0 Å². The maximum atomic E-state index is 8.79. The van der Waals surface area contributed by atoms with Gasteiger partial charge >= 0.3 is 0 Å². The first-order valence-corrected chi connectivity index (χ1v) is 12.7. The molecule has 0 saturated carbocycles. The summed E-state index contributed by atoms with van der Waals surface area (Å²) in [6, 6.07) is 38.9. The minimum atomic E-state index is 0.551. The molecule has 0 amide bonds. The summed E-state index contributed by atoms with van der Waals surface area (Å²) in [5.74, 6) is 2.20. The molecule has 0 aromatic heterocycles. The van der Waals surface area contributed by atoms with Gasteiger partial charge in [-0.2, -0.15) is 5.26 Å². The fourth-order valence-corrected chi connectivity index (χ4v) is 3.75. The topological polar surface area (TPSA) is 66.1 Å². The lowest BCUT2D eigenvalue weighted by atomic mass is 10.1. The molecule has 0 saturated heterocycles. The lowest BCUT2D eigenvalue weighted by Gasteiger charge is -2.08. The summed E-state index contributed by atoms with van der Waals surface area (Å²) in [6.45, 7) is 8.56. The Kier molecular flexibility index (Phi) is 11.1. The van der Waals surface area contributed by atoms with E-state index < -0.39 is 0 Å². The number of aryl methyl sites for hydroxylation is 1. The molecular formula is C35H32N2O2. The Labute approximate surface area is 230 Å². The number of benzene rings is 5. The smallest absolute Gasteiger partial charge is 0.136 e. The van der Waals surface area contributed by atoms with Crippen molar-refractivity contribution in [3.63, 3.8) is 0 Å². The lowest BCUT2D eigenvalue weighted by Crippen LogP contribution is -1.92. The number of hydrogen-bond donors (Lipinski definition) is 1. The van der Waals surface area contributed by atoms with Crippen molar-refractivity contribution in [2.24, 2.45) is 0 Å². The van der Waals surface area contributed by atoms with E-state index >= 15 is 0 Å². The van der Waals surface area contributed by atoms with E-state index in [0.717, 1.165) is 12.4 Å². The molecule has 0 heterocycles. The first-order valence-electron chi connectivity index (χ1n) is 12.7. The second-order valence-corrected chi connectivity index (χ2v) is 8.39. The first-order chi connectivity index (χ1) is 19.1. The molecule has 5 aromatic carbocycles. The molecule has 194 valence electrons. The van der Waals surface area contributed by atoms with E-state index in [-0.39, 0.29) is 0 Å². The normalized spacial score (nSPS) is 9.56. The summed E-state index contributed by atoms with van der Waals surface area (Å²) in [6.07, 6.45) is 3.13. The number of nitrogens with one attached hydrogen (secondary N) is 1. The van der Waals surface area contributed by atoms with Crippen LogP contribution in [0.3, 0.4) is 0 Å². The van der Waals surface area contributed by atoms with E-state index in [1.54, 1.807) is 36.4 Å². The summed E-state index contributed by atoms with van der Waals surface area (Å²) in [5, 5.41) is 18.6. The van der Waals surface area contributed by atoms with Gasteiger partial charge in [-0.1, -0.05) is 91.5 Å². The Morgan fingerprint density at radius 2 is 1.44 bits per heavy atom. The largest absolute Gasteiger partial charge is 0.494 e. The molecule has 39 heavy (non-hydrogen) atoms. The third kappa shape index (κ3) is 8.45. The van der Waals surface area contributed by atoms with Crippen molar-refractivity contribution in [3.05, 3.63) is 144 Å². The van der Waals surface area contributed by atoms with Crippen LogP contribution in [0.2, 0.25) is 0 Å². The maximum absolute atomic E-state index is 8.79. The fraction of sp³-hybridized carbons (Fsp3) is 0.0857. The van der Waals surface area contributed by atoms with Crippen molar-refractivity contribution in [2.45, 2.75) is 13.8 Å². The SMILES string of the molecule is C=Cc1cccc2ccccc12.CCOc1ccccc1C.N#Cc1cccc(Oc2ccccc2C=N)c1. The zero-order valence-electron chi connectivity index (χ0n) is 22.3. The van der Waals surface area contributed by atoms with E-state index in [9.17, 15) is 0 Å². The van der Waals surface area contributed by atoms with Crippen LogP contribution in [0.25, 0.3) is 16.8 Å². The van der Waals surface area contributed by atoms with Crippen molar-refractivity contribution in [2.75, 3.05) is 6.61 Å². The van der Waals surface area contributed by atoms with Gasteiger partial charge in [-0.3, -0.25) is 0 Å². The third-order valence-corrected chi connectivity index (χ3v) is 5.70. The van der Waals surface area contributed by atoms with E-state index in [0.29, 0.717) is 22.6 Å². The number of hydrogen-bond acceptors (Lipinski definition) is 4. The second-order valence-electron chi connectivity index (χ2n) is 8.39. The van der Waals surface area contributed by atoms with Gasteiger partial charge in [0.2, 0.25) is 0 Å². The van der Waals surface area contributed by atoms with E-state index in [4.69, 9.17) is 20.1 Å². The van der Waals surface area contributed by atoms with Crippen LogP contribution in [0.15, 0.2) is 122 Å². The molecule has 0 atom stereocenters. The Bertz CT molecular complexity index is 1560. The first kappa shape index (κ1) is 28.4. The average molecular weight is 513 g/mol. The summed E-state index contributed by atoms with van der Waals surface area (Å²) >= 11 is 0. The predicted octanol–water partition coefficient (Wildman–Crippen LogP) is 9.22. The highest BCUT2D eigenvalue weighted by Crippen LogP contribution is 2.24. The van der Waals surface area contributed by atoms with E-state index in [1.807, 2.05) is 56.3 Å². The highest BCUT2D eigenvalue weighted by Gasteiger charge is 2.02. The molecule has 4 nitrogen and oxygen atoms in total. The molecular weight excluding hydrogens is 480 g/mol. The number of ether oxygens (including phenoxy) is 2. The second kappa shape index (κ2) is 15.2. The molecule has 0 spiro atoms. The number of nitriles is 1. The zero-order valence-corrected chi connectivity index (χ0v) is 22.3. The Morgan fingerprint density at radius 3 is 2.15 bits per heavy atom. The molecule has 0 aliphatic rings. The molecule has 0 aliphatic heterocycles. The van der Waals surface area contributed by atoms with Gasteiger partial charge in [0.05, 0.1) is 18.2 Å². The maximum Gasteiger partial charge on any atom is 0.136 e. The van der Waals surface area contributed by atoms with Crippen LogP contribution < -0.4 is 9.47 Å². The highest BCUT2D eigenvalue weighted by molar-refractivity contribution is 5.90. The molecule has 0 aliphatic carbocycles. The van der Waals surface area contributed by atoms with Crippen molar-refractivity contribution < 1.29 is 9.47 Å². The summed E-state index contributed by atoms with van der Waals surface area (Å²) < 4.78 is 11.0. The van der Waals surface area contributed by atoms with E-state index in [1.165, 1.54) is 28.1 Å². The van der Waals surface area contributed by atoms with Gasteiger partial charge in [0.15, 0.2) is 0 Å². The van der Waals surface area contributed by atoms with Crippen molar-refractivity contribution in [3.8, 4) is 23.3 Å². The van der Waals surface area contributed by atoms with Crippen molar-refractivity contribution in [1.29, 1.82) is 10.7 Å². The molecule has 1 N–H and O–H groups in total. The standard InChI is InChI=1S/C14H10N2O.C12H10.C9H12O/c15-9-11-4-3-6-13(8-11)17-14-7-2-1-5-12(14)10-16;1-2-10-7-5-8-11-6-3-4-9-12(10)11;1-3-10-9-7-5-4-6-8(9)2/h1-8,10,16H;2-9H,1H2;4-7H,3H2,1-2H3. The van der Waals surface area contributed by atoms with Crippen LogP contribution in [0, 0.1) is 23.7 Å². The van der Waals surface area contributed by atoms with Gasteiger partial charge in [-0.15, -0.1) is 0 Å². The monoisotopic (exact) mass is 512 g/mol. The zero-order chi connectivity index (χ0) is 27.9. The highest BCUT2D eigenvalue weighted by atomic mass is 16.5. The van der Waals surface area contributed by atoms with Crippen LogP contribution >= 0.6 is 0 Å². The molecule has 0 unspecified atom stereocenters. The number of rotatable bonds is 6.